The van der Waals surface area contributed by atoms with Crippen molar-refractivity contribution in [2.24, 2.45) is 7.05 Å². The standard InChI is InChI=1S/C14H16ClN3O/c1-10(8-11-6-4-3-5-7-11)17-12-9-16-18(2)14(19)13(12)15/h3-7,9-10,17H,8H2,1-2H3. The van der Waals surface area contributed by atoms with Gasteiger partial charge < -0.3 is 5.32 Å². The molecule has 1 atom stereocenters. The third kappa shape index (κ3) is 3.35. The van der Waals surface area contributed by atoms with Crippen LogP contribution in [-0.4, -0.2) is 15.8 Å². The van der Waals surface area contributed by atoms with E-state index in [1.54, 1.807) is 13.2 Å². The molecule has 1 N–H and O–H groups in total. The maximum absolute atomic E-state index is 11.7. The summed E-state index contributed by atoms with van der Waals surface area (Å²) in [6.07, 6.45) is 2.43. The molecule has 0 aliphatic heterocycles. The number of nitrogens with zero attached hydrogens (tertiary/aromatic N) is 2. The quantitative estimate of drug-likeness (QED) is 0.934. The first-order chi connectivity index (χ1) is 9.08. The molecule has 2 aromatic rings. The SMILES string of the molecule is CC(Cc1ccccc1)Nc1cnn(C)c(=O)c1Cl. The zero-order valence-electron chi connectivity index (χ0n) is 10.9. The molecule has 1 aromatic heterocycles. The van der Waals surface area contributed by atoms with Crippen LogP contribution in [0.4, 0.5) is 5.69 Å². The fraction of sp³-hybridized carbons (Fsp3) is 0.286. The maximum atomic E-state index is 11.7. The Kier molecular flexibility index (Phi) is 4.22. The van der Waals surface area contributed by atoms with Crippen molar-refractivity contribution in [2.75, 3.05) is 5.32 Å². The molecule has 0 bridgehead atoms. The van der Waals surface area contributed by atoms with Crippen LogP contribution in [0.1, 0.15) is 12.5 Å². The lowest BCUT2D eigenvalue weighted by Crippen LogP contribution is -2.24. The van der Waals surface area contributed by atoms with E-state index >= 15 is 0 Å². The molecule has 4 nitrogen and oxygen atoms in total. The molecule has 19 heavy (non-hydrogen) atoms. The average molecular weight is 278 g/mol. The molecule has 0 aliphatic rings. The summed E-state index contributed by atoms with van der Waals surface area (Å²) >= 11 is 6.01. The second-order valence-electron chi connectivity index (χ2n) is 4.54. The molecular formula is C14H16ClN3O. The van der Waals surface area contributed by atoms with Crippen molar-refractivity contribution in [2.45, 2.75) is 19.4 Å². The third-order valence-corrected chi connectivity index (χ3v) is 3.23. The fourth-order valence-corrected chi connectivity index (χ4v) is 2.12. The van der Waals surface area contributed by atoms with Crippen molar-refractivity contribution in [3.8, 4) is 0 Å². The molecule has 0 aliphatic carbocycles. The molecule has 100 valence electrons. The Morgan fingerprint density at radius 2 is 2.05 bits per heavy atom. The smallest absolute Gasteiger partial charge is 0.287 e. The summed E-state index contributed by atoms with van der Waals surface area (Å²) in [5.41, 5.74) is 1.52. The summed E-state index contributed by atoms with van der Waals surface area (Å²) in [5.74, 6) is 0. The summed E-state index contributed by atoms with van der Waals surface area (Å²) in [7, 11) is 1.57. The molecule has 0 saturated heterocycles. The first-order valence-corrected chi connectivity index (χ1v) is 6.48. The number of aryl methyl sites for hydroxylation is 1. The Labute approximate surface area is 117 Å². The molecular weight excluding hydrogens is 262 g/mol. The summed E-state index contributed by atoms with van der Waals surface area (Å²) in [4.78, 5) is 11.7. The average Bonchev–Trinajstić information content (AvgIpc) is 2.41. The van der Waals surface area contributed by atoms with E-state index < -0.39 is 0 Å². The third-order valence-electron chi connectivity index (χ3n) is 2.86. The van der Waals surface area contributed by atoms with Crippen LogP contribution < -0.4 is 10.9 Å². The summed E-state index contributed by atoms with van der Waals surface area (Å²) in [6.45, 7) is 2.04. The highest BCUT2D eigenvalue weighted by atomic mass is 35.5. The largest absolute Gasteiger partial charge is 0.380 e. The molecule has 0 saturated carbocycles. The topological polar surface area (TPSA) is 46.9 Å². The van der Waals surface area contributed by atoms with Crippen LogP contribution in [0, 0.1) is 0 Å². The van der Waals surface area contributed by atoms with Gasteiger partial charge in [-0.2, -0.15) is 5.10 Å². The van der Waals surface area contributed by atoms with Crippen LogP contribution >= 0.6 is 11.6 Å². The first kappa shape index (κ1) is 13.6. The van der Waals surface area contributed by atoms with Gasteiger partial charge in [0.05, 0.1) is 11.9 Å². The van der Waals surface area contributed by atoms with E-state index in [4.69, 9.17) is 11.6 Å². The zero-order valence-corrected chi connectivity index (χ0v) is 11.7. The van der Waals surface area contributed by atoms with E-state index in [-0.39, 0.29) is 16.6 Å². The van der Waals surface area contributed by atoms with E-state index in [9.17, 15) is 4.79 Å². The molecule has 0 amide bonds. The number of benzene rings is 1. The van der Waals surface area contributed by atoms with Crippen LogP contribution in [0.3, 0.4) is 0 Å². The summed E-state index contributed by atoms with van der Waals surface area (Å²) < 4.78 is 1.22. The second kappa shape index (κ2) is 5.89. The lowest BCUT2D eigenvalue weighted by Gasteiger charge is -2.16. The number of nitrogens with one attached hydrogen (secondary N) is 1. The van der Waals surface area contributed by atoms with Crippen LogP contribution in [0.25, 0.3) is 0 Å². The number of hydrogen-bond acceptors (Lipinski definition) is 3. The highest BCUT2D eigenvalue weighted by Crippen LogP contribution is 2.17. The number of anilines is 1. The van der Waals surface area contributed by atoms with Crippen molar-refractivity contribution < 1.29 is 0 Å². The number of hydrogen-bond donors (Lipinski definition) is 1. The first-order valence-electron chi connectivity index (χ1n) is 6.10. The highest BCUT2D eigenvalue weighted by molar-refractivity contribution is 6.32. The molecule has 5 heteroatoms. The van der Waals surface area contributed by atoms with Gasteiger partial charge in [-0.3, -0.25) is 4.79 Å². The maximum Gasteiger partial charge on any atom is 0.287 e. The van der Waals surface area contributed by atoms with Gasteiger partial charge >= 0.3 is 0 Å². The Balaban J connectivity index is 2.09. The fourth-order valence-electron chi connectivity index (χ4n) is 1.90. The minimum absolute atomic E-state index is 0.161. The monoisotopic (exact) mass is 277 g/mol. The van der Waals surface area contributed by atoms with Crippen LogP contribution in [0.2, 0.25) is 5.02 Å². The molecule has 0 spiro atoms. The normalized spacial score (nSPS) is 12.2. The van der Waals surface area contributed by atoms with Gasteiger partial charge in [-0.1, -0.05) is 41.9 Å². The minimum atomic E-state index is -0.293. The Bertz CT molecular complexity index is 610. The molecule has 2 rings (SSSR count). The van der Waals surface area contributed by atoms with Crippen molar-refractivity contribution in [1.82, 2.24) is 9.78 Å². The van der Waals surface area contributed by atoms with Crippen molar-refractivity contribution >= 4 is 17.3 Å². The molecule has 1 unspecified atom stereocenters. The second-order valence-corrected chi connectivity index (χ2v) is 4.91. The van der Waals surface area contributed by atoms with E-state index in [2.05, 4.69) is 22.5 Å². The van der Waals surface area contributed by atoms with Gasteiger partial charge in [-0.05, 0) is 18.9 Å². The molecule has 0 fully saturated rings. The lowest BCUT2D eigenvalue weighted by molar-refractivity contribution is 0.704. The van der Waals surface area contributed by atoms with E-state index in [0.29, 0.717) is 5.69 Å². The van der Waals surface area contributed by atoms with Crippen LogP contribution in [-0.2, 0) is 13.5 Å². The van der Waals surface area contributed by atoms with Crippen molar-refractivity contribution in [3.63, 3.8) is 0 Å². The number of rotatable bonds is 4. The van der Waals surface area contributed by atoms with Gasteiger partial charge in [0.1, 0.15) is 5.02 Å². The van der Waals surface area contributed by atoms with Gasteiger partial charge in [0.15, 0.2) is 0 Å². The zero-order chi connectivity index (χ0) is 13.8. The van der Waals surface area contributed by atoms with Crippen LogP contribution in [0.15, 0.2) is 41.3 Å². The van der Waals surface area contributed by atoms with Gasteiger partial charge in [0, 0.05) is 13.1 Å². The molecule has 1 heterocycles. The molecule has 1 aromatic carbocycles. The van der Waals surface area contributed by atoms with Gasteiger partial charge in [0.25, 0.3) is 5.56 Å². The Hall–Kier alpha value is -1.81. The van der Waals surface area contributed by atoms with Gasteiger partial charge in [-0.25, -0.2) is 4.68 Å². The highest BCUT2D eigenvalue weighted by Gasteiger charge is 2.10. The minimum Gasteiger partial charge on any atom is -0.380 e. The van der Waals surface area contributed by atoms with E-state index in [1.165, 1.54) is 10.2 Å². The van der Waals surface area contributed by atoms with Crippen LogP contribution in [0.5, 0.6) is 0 Å². The van der Waals surface area contributed by atoms with E-state index in [0.717, 1.165) is 6.42 Å². The molecule has 0 radical (unpaired) electrons. The predicted molar refractivity (Wildman–Crippen MR) is 77.7 cm³/mol. The summed E-state index contributed by atoms with van der Waals surface area (Å²) in [5, 5.41) is 7.35. The van der Waals surface area contributed by atoms with Gasteiger partial charge in [-0.15, -0.1) is 0 Å². The van der Waals surface area contributed by atoms with E-state index in [1.807, 2.05) is 25.1 Å². The Morgan fingerprint density at radius 3 is 2.74 bits per heavy atom. The number of halogens is 1. The summed E-state index contributed by atoms with van der Waals surface area (Å²) in [6, 6.07) is 10.3. The Morgan fingerprint density at radius 1 is 1.37 bits per heavy atom. The van der Waals surface area contributed by atoms with Crippen molar-refractivity contribution in [1.29, 1.82) is 0 Å². The predicted octanol–water partition coefficient (Wildman–Crippen LogP) is 2.48. The van der Waals surface area contributed by atoms with Gasteiger partial charge in [0.2, 0.25) is 0 Å². The van der Waals surface area contributed by atoms with Crippen molar-refractivity contribution in [3.05, 3.63) is 57.5 Å². The lowest BCUT2D eigenvalue weighted by atomic mass is 10.1. The number of aromatic nitrogens is 2.